The summed E-state index contributed by atoms with van der Waals surface area (Å²) in [5, 5.41) is 3.37. The number of thioether (sulfide) groups is 1. The lowest BCUT2D eigenvalue weighted by molar-refractivity contribution is 0.570. The Morgan fingerprint density at radius 3 is 2.86 bits per heavy atom. The first-order chi connectivity index (χ1) is 9.93. The van der Waals surface area contributed by atoms with Crippen molar-refractivity contribution >= 4 is 34.5 Å². The maximum absolute atomic E-state index is 5.95. The minimum absolute atomic E-state index is 0.120. The molecule has 0 unspecified atom stereocenters. The van der Waals surface area contributed by atoms with Gasteiger partial charge in [-0.2, -0.15) is 0 Å². The number of anilines is 2. The Morgan fingerprint density at radius 2 is 2.14 bits per heavy atom. The zero-order valence-electron chi connectivity index (χ0n) is 12.7. The maximum Gasteiger partial charge on any atom is 0.112 e. The molecule has 0 radical (unpaired) electrons. The Kier molecular flexibility index (Phi) is 3.88. The molecule has 0 saturated heterocycles. The fourth-order valence-corrected chi connectivity index (χ4v) is 4.41. The van der Waals surface area contributed by atoms with Gasteiger partial charge in [-0.1, -0.05) is 20.8 Å². The normalized spacial score (nSPS) is 15.1. The fourth-order valence-electron chi connectivity index (χ4n) is 2.35. The van der Waals surface area contributed by atoms with E-state index in [2.05, 4.69) is 43.2 Å². The molecule has 5 heteroatoms. The number of benzene rings is 1. The minimum atomic E-state index is 0.120. The Morgan fingerprint density at radius 1 is 1.33 bits per heavy atom. The van der Waals surface area contributed by atoms with Crippen LogP contribution < -0.4 is 10.6 Å². The van der Waals surface area contributed by atoms with Crippen LogP contribution in [0.2, 0.25) is 0 Å². The number of fused-ring (bicyclic) bond motifs is 1. The lowest BCUT2D eigenvalue weighted by Crippen LogP contribution is -2.28. The molecular weight excluding hydrogens is 298 g/mol. The first-order valence-corrected chi connectivity index (χ1v) is 9.02. The predicted octanol–water partition coefficient (Wildman–Crippen LogP) is 4.14. The number of nitrogen functional groups attached to an aromatic ring is 1. The quantitative estimate of drug-likeness (QED) is 0.845. The Hall–Kier alpha value is -1.20. The van der Waals surface area contributed by atoms with Gasteiger partial charge in [0.2, 0.25) is 0 Å². The molecule has 3 nitrogen and oxygen atoms in total. The fraction of sp³-hybridized carbons (Fsp3) is 0.438. The molecule has 0 saturated carbocycles. The third-order valence-electron chi connectivity index (χ3n) is 3.59. The van der Waals surface area contributed by atoms with Gasteiger partial charge in [-0.3, -0.25) is 0 Å². The summed E-state index contributed by atoms with van der Waals surface area (Å²) in [4.78, 5) is 8.53. The summed E-state index contributed by atoms with van der Waals surface area (Å²) in [6, 6.07) is 6.19. The van der Waals surface area contributed by atoms with Crippen molar-refractivity contribution in [2.45, 2.75) is 37.6 Å². The van der Waals surface area contributed by atoms with Gasteiger partial charge in [0.05, 0.1) is 17.9 Å². The van der Waals surface area contributed by atoms with E-state index < -0.39 is 0 Å². The highest BCUT2D eigenvalue weighted by atomic mass is 32.2. The number of nitrogens with two attached hydrogens (primary N) is 1. The number of nitrogens with zero attached hydrogens (tertiary/aromatic N) is 2. The monoisotopic (exact) mass is 319 g/mol. The average molecular weight is 319 g/mol. The molecule has 2 aromatic rings. The van der Waals surface area contributed by atoms with Gasteiger partial charge in [0.15, 0.2) is 0 Å². The van der Waals surface area contributed by atoms with Crippen LogP contribution in [0.15, 0.2) is 28.5 Å². The molecule has 2 heterocycles. The van der Waals surface area contributed by atoms with E-state index in [4.69, 9.17) is 10.7 Å². The molecule has 3 rings (SSSR count). The van der Waals surface area contributed by atoms with Crippen LogP contribution in [0.4, 0.5) is 11.4 Å². The SMILES string of the molecule is CC(C)(C)c1csc(CN2CCSc3ccc(N)cc32)n1. The summed E-state index contributed by atoms with van der Waals surface area (Å²) >= 11 is 3.67. The first kappa shape index (κ1) is 14.7. The molecule has 0 amide bonds. The third kappa shape index (κ3) is 3.19. The standard InChI is InChI=1S/C16H21N3S2/c1-16(2,3)14-10-21-15(18-14)9-19-6-7-20-13-5-4-11(17)8-12(13)19/h4-5,8,10H,6-7,9,17H2,1-3H3. The highest BCUT2D eigenvalue weighted by Crippen LogP contribution is 2.37. The van der Waals surface area contributed by atoms with Crippen LogP contribution in [0.5, 0.6) is 0 Å². The number of hydrogen-bond donors (Lipinski definition) is 1. The van der Waals surface area contributed by atoms with Crippen LogP contribution in [0.25, 0.3) is 0 Å². The van der Waals surface area contributed by atoms with E-state index in [1.54, 1.807) is 11.3 Å². The molecule has 112 valence electrons. The van der Waals surface area contributed by atoms with Gasteiger partial charge in [-0.05, 0) is 18.2 Å². The molecule has 0 aliphatic carbocycles. The topological polar surface area (TPSA) is 42.1 Å². The molecule has 2 N–H and O–H groups in total. The first-order valence-electron chi connectivity index (χ1n) is 7.15. The lowest BCUT2D eigenvalue weighted by atomic mass is 9.93. The van der Waals surface area contributed by atoms with E-state index in [1.165, 1.54) is 21.3 Å². The number of rotatable bonds is 2. The maximum atomic E-state index is 5.95. The summed E-state index contributed by atoms with van der Waals surface area (Å²) in [7, 11) is 0. The highest BCUT2D eigenvalue weighted by Gasteiger charge is 2.21. The molecule has 0 fully saturated rings. The van der Waals surface area contributed by atoms with Crippen molar-refractivity contribution in [2.24, 2.45) is 0 Å². The average Bonchev–Trinajstić information content (AvgIpc) is 2.88. The zero-order valence-corrected chi connectivity index (χ0v) is 14.4. The molecule has 1 aromatic heterocycles. The zero-order chi connectivity index (χ0) is 15.0. The van der Waals surface area contributed by atoms with E-state index in [1.807, 2.05) is 17.8 Å². The molecule has 0 atom stereocenters. The van der Waals surface area contributed by atoms with Gasteiger partial charge < -0.3 is 10.6 Å². The van der Waals surface area contributed by atoms with Crippen LogP contribution in [-0.4, -0.2) is 17.3 Å². The molecular formula is C16H21N3S2. The largest absolute Gasteiger partial charge is 0.399 e. The van der Waals surface area contributed by atoms with Crippen molar-refractivity contribution in [3.8, 4) is 0 Å². The van der Waals surface area contributed by atoms with Crippen LogP contribution in [0.3, 0.4) is 0 Å². The smallest absolute Gasteiger partial charge is 0.112 e. The molecule has 0 bridgehead atoms. The van der Waals surface area contributed by atoms with Crippen molar-refractivity contribution in [3.63, 3.8) is 0 Å². The minimum Gasteiger partial charge on any atom is -0.399 e. The number of hydrogen-bond acceptors (Lipinski definition) is 5. The molecule has 1 aliphatic rings. The Balaban J connectivity index is 1.83. The summed E-state index contributed by atoms with van der Waals surface area (Å²) in [5.74, 6) is 1.12. The van der Waals surface area contributed by atoms with Crippen molar-refractivity contribution in [1.29, 1.82) is 0 Å². The van der Waals surface area contributed by atoms with Gasteiger partial charge >= 0.3 is 0 Å². The second-order valence-electron chi connectivity index (χ2n) is 6.37. The van der Waals surface area contributed by atoms with Crippen molar-refractivity contribution < 1.29 is 0 Å². The van der Waals surface area contributed by atoms with Gasteiger partial charge in [0.25, 0.3) is 0 Å². The van der Waals surface area contributed by atoms with Gasteiger partial charge in [-0.25, -0.2) is 4.98 Å². The summed E-state index contributed by atoms with van der Waals surface area (Å²) < 4.78 is 0. The van der Waals surface area contributed by atoms with Crippen LogP contribution in [0, 0.1) is 0 Å². The number of thiazole rings is 1. The van der Waals surface area contributed by atoms with E-state index in [0.717, 1.165) is 24.5 Å². The van der Waals surface area contributed by atoms with Crippen molar-refractivity contribution in [3.05, 3.63) is 34.3 Å². The van der Waals surface area contributed by atoms with Crippen LogP contribution in [0.1, 0.15) is 31.5 Å². The summed E-state index contributed by atoms with van der Waals surface area (Å²) in [5.41, 5.74) is 9.33. The predicted molar refractivity (Wildman–Crippen MR) is 93.4 cm³/mol. The van der Waals surface area contributed by atoms with E-state index in [0.29, 0.717) is 0 Å². The molecule has 1 aliphatic heterocycles. The Bertz CT molecular complexity index is 643. The van der Waals surface area contributed by atoms with E-state index in [-0.39, 0.29) is 5.41 Å². The van der Waals surface area contributed by atoms with E-state index in [9.17, 15) is 0 Å². The third-order valence-corrected chi connectivity index (χ3v) is 5.47. The van der Waals surface area contributed by atoms with Gasteiger partial charge in [-0.15, -0.1) is 23.1 Å². The second-order valence-corrected chi connectivity index (χ2v) is 8.45. The van der Waals surface area contributed by atoms with Crippen molar-refractivity contribution in [2.75, 3.05) is 22.9 Å². The van der Waals surface area contributed by atoms with Gasteiger partial charge in [0, 0.05) is 33.7 Å². The summed E-state index contributed by atoms with van der Waals surface area (Å²) in [6.07, 6.45) is 0. The van der Waals surface area contributed by atoms with Crippen molar-refractivity contribution in [1.82, 2.24) is 4.98 Å². The Labute approximate surface area is 134 Å². The molecule has 0 spiro atoms. The highest BCUT2D eigenvalue weighted by molar-refractivity contribution is 7.99. The lowest BCUT2D eigenvalue weighted by Gasteiger charge is -2.30. The number of aromatic nitrogens is 1. The van der Waals surface area contributed by atoms with Gasteiger partial charge in [0.1, 0.15) is 5.01 Å². The van der Waals surface area contributed by atoms with Crippen LogP contribution >= 0.6 is 23.1 Å². The summed E-state index contributed by atoms with van der Waals surface area (Å²) in [6.45, 7) is 8.54. The molecule has 21 heavy (non-hydrogen) atoms. The van der Waals surface area contributed by atoms with E-state index >= 15 is 0 Å². The van der Waals surface area contributed by atoms with Crippen LogP contribution in [-0.2, 0) is 12.0 Å². The second kappa shape index (κ2) is 5.54. The molecule has 1 aromatic carbocycles.